The minimum atomic E-state index is -1.20. The second-order valence-electron chi connectivity index (χ2n) is 5.78. The van der Waals surface area contributed by atoms with E-state index in [-0.39, 0.29) is 5.56 Å². The molecule has 1 heterocycles. The fraction of sp³-hybridized carbons (Fsp3) is 0.158. The van der Waals surface area contributed by atoms with Gasteiger partial charge in [0, 0.05) is 21.0 Å². The van der Waals surface area contributed by atoms with Gasteiger partial charge in [0.2, 0.25) is 0 Å². The van der Waals surface area contributed by atoms with Crippen molar-refractivity contribution in [2.75, 3.05) is 0 Å². The van der Waals surface area contributed by atoms with Crippen LogP contribution in [-0.4, -0.2) is 11.0 Å². The number of halogens is 1. The molecule has 23 heavy (non-hydrogen) atoms. The van der Waals surface area contributed by atoms with Crippen molar-refractivity contribution in [3.05, 3.63) is 64.1 Å². The van der Waals surface area contributed by atoms with Crippen LogP contribution in [0.2, 0.25) is 0 Å². The van der Waals surface area contributed by atoms with Gasteiger partial charge in [-0.05, 0) is 35.7 Å². The van der Waals surface area contributed by atoms with E-state index in [0.29, 0.717) is 22.5 Å². The average Bonchev–Trinajstić information content (AvgIpc) is 2.53. The summed E-state index contributed by atoms with van der Waals surface area (Å²) in [6, 6.07) is 15.0. The maximum absolute atomic E-state index is 11.5. The van der Waals surface area contributed by atoms with Crippen molar-refractivity contribution in [1.29, 1.82) is 0 Å². The maximum atomic E-state index is 11.5. The lowest BCUT2D eigenvalue weighted by Gasteiger charge is -2.12. The van der Waals surface area contributed by atoms with Gasteiger partial charge in [-0.15, -0.1) is 0 Å². The standard InChI is InChI=1S/C19H16BrNO2/c1-11(2)12-3-5-13(6-4-12)18-10-16(19(22)23)15-9-14(20)7-8-17(15)21-18/h3-11H,1-2H3,(H,22,23)/p-1. The Morgan fingerprint density at radius 1 is 1.09 bits per heavy atom. The number of benzene rings is 2. The summed E-state index contributed by atoms with van der Waals surface area (Å²) in [6.07, 6.45) is 0. The second-order valence-corrected chi connectivity index (χ2v) is 6.70. The summed E-state index contributed by atoms with van der Waals surface area (Å²) in [6.45, 7) is 4.27. The molecular formula is C19H15BrNO2-. The van der Waals surface area contributed by atoms with Crippen LogP contribution in [0.25, 0.3) is 22.2 Å². The number of rotatable bonds is 3. The first-order valence-electron chi connectivity index (χ1n) is 7.37. The molecule has 2 aromatic carbocycles. The van der Waals surface area contributed by atoms with Crippen molar-refractivity contribution in [1.82, 2.24) is 4.98 Å². The van der Waals surface area contributed by atoms with Crippen LogP contribution in [0, 0.1) is 0 Å². The monoisotopic (exact) mass is 368 g/mol. The molecule has 4 heteroatoms. The van der Waals surface area contributed by atoms with Gasteiger partial charge in [0.05, 0.1) is 17.2 Å². The zero-order valence-corrected chi connectivity index (χ0v) is 14.4. The van der Waals surface area contributed by atoms with Gasteiger partial charge in [-0.2, -0.15) is 0 Å². The van der Waals surface area contributed by atoms with E-state index in [1.54, 1.807) is 18.2 Å². The largest absolute Gasteiger partial charge is 0.545 e. The third-order valence-corrected chi connectivity index (χ3v) is 4.36. The molecule has 0 aliphatic rings. The maximum Gasteiger partial charge on any atom is 0.0722 e. The average molecular weight is 369 g/mol. The van der Waals surface area contributed by atoms with Crippen molar-refractivity contribution < 1.29 is 9.90 Å². The highest BCUT2D eigenvalue weighted by atomic mass is 79.9. The molecule has 3 rings (SSSR count). The molecule has 0 unspecified atom stereocenters. The van der Waals surface area contributed by atoms with E-state index in [1.807, 2.05) is 30.3 Å². The predicted octanol–water partition coefficient (Wildman–Crippen LogP) is 4.15. The molecular weight excluding hydrogens is 354 g/mol. The number of carbonyl (C=O) groups is 1. The number of aromatic carboxylic acids is 1. The molecule has 0 bridgehead atoms. The Morgan fingerprint density at radius 2 is 1.78 bits per heavy atom. The van der Waals surface area contributed by atoms with E-state index in [0.717, 1.165) is 10.0 Å². The lowest BCUT2D eigenvalue weighted by Crippen LogP contribution is -2.22. The molecule has 3 nitrogen and oxygen atoms in total. The quantitative estimate of drug-likeness (QED) is 0.697. The number of aromatic nitrogens is 1. The molecule has 0 aliphatic heterocycles. The van der Waals surface area contributed by atoms with E-state index in [4.69, 9.17) is 0 Å². The number of carboxylic acid groups (broad SMARTS) is 1. The zero-order chi connectivity index (χ0) is 16.6. The van der Waals surface area contributed by atoms with Crippen LogP contribution >= 0.6 is 15.9 Å². The Hall–Kier alpha value is -2.20. The van der Waals surface area contributed by atoms with Crippen LogP contribution in [0.3, 0.4) is 0 Å². The van der Waals surface area contributed by atoms with Crippen LogP contribution in [0.4, 0.5) is 0 Å². The molecule has 0 N–H and O–H groups in total. The molecule has 0 saturated heterocycles. The first-order valence-corrected chi connectivity index (χ1v) is 8.17. The van der Waals surface area contributed by atoms with Crippen molar-refractivity contribution in [3.63, 3.8) is 0 Å². The minimum Gasteiger partial charge on any atom is -0.545 e. The fourth-order valence-corrected chi connectivity index (χ4v) is 2.91. The summed E-state index contributed by atoms with van der Waals surface area (Å²) in [5.74, 6) is -0.750. The Kier molecular flexibility index (Phi) is 4.18. The van der Waals surface area contributed by atoms with Crippen LogP contribution < -0.4 is 5.11 Å². The summed E-state index contributed by atoms with van der Waals surface area (Å²) < 4.78 is 0.809. The number of hydrogen-bond acceptors (Lipinski definition) is 3. The molecule has 0 fully saturated rings. The van der Waals surface area contributed by atoms with Gasteiger partial charge in [0.1, 0.15) is 0 Å². The van der Waals surface area contributed by atoms with Crippen LogP contribution in [0.5, 0.6) is 0 Å². The Balaban J connectivity index is 2.18. The number of hydrogen-bond donors (Lipinski definition) is 0. The van der Waals surface area contributed by atoms with Crippen molar-refractivity contribution in [2.24, 2.45) is 0 Å². The highest BCUT2D eigenvalue weighted by molar-refractivity contribution is 9.10. The summed E-state index contributed by atoms with van der Waals surface area (Å²) in [7, 11) is 0. The van der Waals surface area contributed by atoms with E-state index in [1.165, 1.54) is 5.56 Å². The molecule has 0 radical (unpaired) electrons. The Bertz CT molecular complexity index is 886. The van der Waals surface area contributed by atoms with Gasteiger partial charge in [0.15, 0.2) is 0 Å². The second kappa shape index (κ2) is 6.13. The molecule has 1 aromatic heterocycles. The number of fused-ring (bicyclic) bond motifs is 1. The molecule has 3 aromatic rings. The van der Waals surface area contributed by atoms with E-state index < -0.39 is 5.97 Å². The van der Waals surface area contributed by atoms with Crippen LogP contribution in [0.1, 0.15) is 35.7 Å². The Morgan fingerprint density at radius 3 is 2.39 bits per heavy atom. The van der Waals surface area contributed by atoms with Gasteiger partial charge >= 0.3 is 0 Å². The van der Waals surface area contributed by atoms with Gasteiger partial charge in [0.25, 0.3) is 0 Å². The van der Waals surface area contributed by atoms with Gasteiger partial charge in [-0.25, -0.2) is 4.98 Å². The molecule has 0 aliphatic carbocycles. The number of nitrogens with zero attached hydrogens (tertiary/aromatic N) is 1. The topological polar surface area (TPSA) is 53.0 Å². The summed E-state index contributed by atoms with van der Waals surface area (Å²) in [4.78, 5) is 16.1. The lowest BCUT2D eigenvalue weighted by atomic mass is 9.99. The Labute approximate surface area is 143 Å². The molecule has 0 spiro atoms. The van der Waals surface area contributed by atoms with Gasteiger partial charge in [-0.1, -0.05) is 54.0 Å². The van der Waals surface area contributed by atoms with Crippen molar-refractivity contribution in [2.45, 2.75) is 19.8 Å². The van der Waals surface area contributed by atoms with Crippen molar-refractivity contribution >= 4 is 32.8 Å². The number of carbonyl (C=O) groups excluding carboxylic acids is 1. The van der Waals surface area contributed by atoms with E-state index >= 15 is 0 Å². The molecule has 116 valence electrons. The zero-order valence-electron chi connectivity index (χ0n) is 12.8. The summed E-state index contributed by atoms with van der Waals surface area (Å²) >= 11 is 3.36. The van der Waals surface area contributed by atoms with Gasteiger partial charge < -0.3 is 9.90 Å². The molecule has 0 saturated carbocycles. The third-order valence-electron chi connectivity index (χ3n) is 3.86. The number of pyridine rings is 1. The van der Waals surface area contributed by atoms with E-state index in [2.05, 4.69) is 34.8 Å². The van der Waals surface area contributed by atoms with Gasteiger partial charge in [-0.3, -0.25) is 0 Å². The SMILES string of the molecule is CC(C)c1ccc(-c2cc(C(=O)[O-])c3cc(Br)ccc3n2)cc1. The first kappa shape index (κ1) is 15.7. The smallest absolute Gasteiger partial charge is 0.0722 e. The lowest BCUT2D eigenvalue weighted by molar-refractivity contribution is -0.254. The fourth-order valence-electron chi connectivity index (χ4n) is 2.55. The minimum absolute atomic E-state index is 0.152. The predicted molar refractivity (Wildman–Crippen MR) is 93.3 cm³/mol. The van der Waals surface area contributed by atoms with E-state index in [9.17, 15) is 9.90 Å². The van der Waals surface area contributed by atoms with Crippen molar-refractivity contribution in [3.8, 4) is 11.3 Å². The highest BCUT2D eigenvalue weighted by Gasteiger charge is 2.09. The highest BCUT2D eigenvalue weighted by Crippen LogP contribution is 2.28. The number of carboxylic acids is 1. The molecule has 0 amide bonds. The van der Waals surface area contributed by atoms with Crippen LogP contribution in [0.15, 0.2) is 53.0 Å². The summed E-state index contributed by atoms with van der Waals surface area (Å²) in [5.41, 5.74) is 3.55. The van der Waals surface area contributed by atoms with Crippen LogP contribution in [-0.2, 0) is 0 Å². The normalized spacial score (nSPS) is 11.1. The third kappa shape index (κ3) is 3.13. The first-order chi connectivity index (χ1) is 11.0. The summed E-state index contributed by atoms with van der Waals surface area (Å²) in [5, 5.41) is 12.1. The molecule has 0 atom stereocenters.